The lowest BCUT2D eigenvalue weighted by Crippen LogP contribution is -1.84. The van der Waals surface area contributed by atoms with E-state index < -0.39 is 0 Å². The van der Waals surface area contributed by atoms with Gasteiger partial charge < -0.3 is 0 Å². The molecule has 2 nitrogen and oxygen atoms in total. The van der Waals surface area contributed by atoms with Crippen LogP contribution in [-0.2, 0) is 0 Å². The smallest absolute Gasteiger partial charge is 0.138 e. The van der Waals surface area contributed by atoms with Crippen molar-refractivity contribution in [3.63, 3.8) is 0 Å². The van der Waals surface area contributed by atoms with Crippen molar-refractivity contribution in [3.8, 4) is 0 Å². The van der Waals surface area contributed by atoms with E-state index in [1.165, 1.54) is 6.20 Å². The lowest BCUT2D eigenvalue weighted by molar-refractivity contribution is 0.631. The second-order valence-corrected chi connectivity index (χ2v) is 3.04. The fourth-order valence-electron chi connectivity index (χ4n) is 1.12. The average molecular weight is 185 g/mol. The monoisotopic (exact) mass is 184 g/mol. The highest BCUT2D eigenvalue weighted by Crippen LogP contribution is 2.25. The van der Waals surface area contributed by atoms with Crippen molar-refractivity contribution in [2.75, 3.05) is 0 Å². The summed E-state index contributed by atoms with van der Waals surface area (Å²) < 4.78 is 13.3. The van der Waals surface area contributed by atoms with Crippen LogP contribution in [0.1, 0.15) is 5.56 Å². The molecule has 1 N–H and O–H groups in total. The summed E-state index contributed by atoms with van der Waals surface area (Å²) in [6, 6.07) is 1.67. The minimum Gasteiger partial charge on any atom is -0.278 e. The number of benzene rings is 1. The van der Waals surface area contributed by atoms with Crippen LogP contribution in [0.2, 0.25) is 5.02 Å². The maximum absolute atomic E-state index is 13.3. The highest BCUT2D eigenvalue weighted by atomic mass is 35.5. The Morgan fingerprint density at radius 2 is 2.33 bits per heavy atom. The molecule has 12 heavy (non-hydrogen) atoms. The third-order valence-electron chi connectivity index (χ3n) is 1.86. The van der Waals surface area contributed by atoms with Crippen LogP contribution in [0.5, 0.6) is 0 Å². The second kappa shape index (κ2) is 2.45. The van der Waals surface area contributed by atoms with Gasteiger partial charge in [0.15, 0.2) is 0 Å². The van der Waals surface area contributed by atoms with Crippen molar-refractivity contribution in [3.05, 3.63) is 28.7 Å². The Morgan fingerprint density at radius 1 is 1.58 bits per heavy atom. The lowest BCUT2D eigenvalue weighted by atomic mass is 10.1. The molecule has 0 aliphatic heterocycles. The molecule has 1 heterocycles. The Morgan fingerprint density at radius 3 is 3.08 bits per heavy atom. The number of nitrogens with one attached hydrogen (secondary N) is 1. The number of aromatic amines is 1. The van der Waals surface area contributed by atoms with E-state index in [4.69, 9.17) is 11.6 Å². The Hall–Kier alpha value is -1.09. The van der Waals surface area contributed by atoms with Crippen LogP contribution >= 0.6 is 11.6 Å². The standard InChI is InChI=1S/C8H6ClFN2/c1-4-6(9)2-7-5(8(4)10)3-11-12-7/h2-3H,1H3,(H,11,12). The van der Waals surface area contributed by atoms with E-state index >= 15 is 0 Å². The van der Waals surface area contributed by atoms with E-state index in [1.54, 1.807) is 13.0 Å². The van der Waals surface area contributed by atoms with Crippen molar-refractivity contribution in [1.82, 2.24) is 10.2 Å². The van der Waals surface area contributed by atoms with Crippen LogP contribution in [-0.4, -0.2) is 10.2 Å². The van der Waals surface area contributed by atoms with E-state index in [1.807, 2.05) is 0 Å². The summed E-state index contributed by atoms with van der Waals surface area (Å²) in [6.07, 6.45) is 1.45. The molecule has 2 rings (SSSR count). The molecule has 0 spiro atoms. The van der Waals surface area contributed by atoms with E-state index in [0.717, 1.165) is 0 Å². The quantitative estimate of drug-likeness (QED) is 0.670. The molecule has 0 bridgehead atoms. The lowest BCUT2D eigenvalue weighted by Gasteiger charge is -1.99. The number of H-pyrrole nitrogens is 1. The van der Waals surface area contributed by atoms with Gasteiger partial charge in [0, 0.05) is 10.6 Å². The van der Waals surface area contributed by atoms with Gasteiger partial charge in [-0.25, -0.2) is 4.39 Å². The summed E-state index contributed by atoms with van der Waals surface area (Å²) >= 11 is 5.76. The van der Waals surface area contributed by atoms with Gasteiger partial charge in [-0.2, -0.15) is 5.10 Å². The minimum absolute atomic E-state index is 0.300. The Labute approximate surface area is 73.3 Å². The predicted octanol–water partition coefficient (Wildman–Crippen LogP) is 2.66. The molecule has 0 saturated carbocycles. The summed E-state index contributed by atoms with van der Waals surface area (Å²) in [5.41, 5.74) is 1.09. The van der Waals surface area contributed by atoms with Crippen molar-refractivity contribution in [1.29, 1.82) is 0 Å². The molecule has 0 unspecified atom stereocenters. The van der Waals surface area contributed by atoms with Gasteiger partial charge in [0.05, 0.1) is 17.1 Å². The summed E-state index contributed by atoms with van der Waals surface area (Å²) in [6.45, 7) is 1.64. The molecular formula is C8H6ClFN2. The number of halogens is 2. The van der Waals surface area contributed by atoms with Gasteiger partial charge in [0.25, 0.3) is 0 Å². The highest BCUT2D eigenvalue weighted by Gasteiger charge is 2.08. The summed E-state index contributed by atoms with van der Waals surface area (Å²) in [7, 11) is 0. The van der Waals surface area contributed by atoms with Gasteiger partial charge in [-0.05, 0) is 13.0 Å². The third-order valence-corrected chi connectivity index (χ3v) is 2.26. The molecule has 0 fully saturated rings. The predicted molar refractivity (Wildman–Crippen MR) is 45.8 cm³/mol. The van der Waals surface area contributed by atoms with E-state index in [9.17, 15) is 4.39 Å². The molecular weight excluding hydrogens is 179 g/mol. The Kier molecular flexibility index (Phi) is 1.54. The van der Waals surface area contributed by atoms with Crippen molar-refractivity contribution >= 4 is 22.5 Å². The Bertz CT molecular complexity index is 436. The van der Waals surface area contributed by atoms with Gasteiger partial charge >= 0.3 is 0 Å². The summed E-state index contributed by atoms with van der Waals surface area (Å²) in [5.74, 6) is -0.300. The molecule has 1 aromatic heterocycles. The zero-order valence-corrected chi connectivity index (χ0v) is 7.11. The van der Waals surface area contributed by atoms with Crippen molar-refractivity contribution in [2.45, 2.75) is 6.92 Å². The second-order valence-electron chi connectivity index (χ2n) is 2.63. The molecule has 0 aliphatic rings. The molecule has 62 valence electrons. The summed E-state index contributed by atoms with van der Waals surface area (Å²) in [5, 5.41) is 7.28. The highest BCUT2D eigenvalue weighted by molar-refractivity contribution is 6.32. The molecule has 0 radical (unpaired) electrons. The van der Waals surface area contributed by atoms with Crippen LogP contribution < -0.4 is 0 Å². The largest absolute Gasteiger partial charge is 0.278 e. The minimum atomic E-state index is -0.300. The van der Waals surface area contributed by atoms with Crippen LogP contribution in [0.15, 0.2) is 12.3 Å². The first kappa shape index (κ1) is 7.55. The van der Waals surface area contributed by atoms with E-state index in [0.29, 0.717) is 21.5 Å². The maximum Gasteiger partial charge on any atom is 0.138 e. The van der Waals surface area contributed by atoms with Crippen molar-refractivity contribution < 1.29 is 4.39 Å². The first-order valence-electron chi connectivity index (χ1n) is 3.48. The molecule has 1 aromatic carbocycles. The summed E-state index contributed by atoms with van der Waals surface area (Å²) in [4.78, 5) is 0. The zero-order chi connectivity index (χ0) is 8.72. The fourth-order valence-corrected chi connectivity index (χ4v) is 1.31. The zero-order valence-electron chi connectivity index (χ0n) is 6.36. The number of hydrogen-bond donors (Lipinski definition) is 1. The van der Waals surface area contributed by atoms with Gasteiger partial charge in [0.2, 0.25) is 0 Å². The van der Waals surface area contributed by atoms with E-state index in [-0.39, 0.29) is 5.82 Å². The topological polar surface area (TPSA) is 28.7 Å². The first-order valence-corrected chi connectivity index (χ1v) is 3.85. The third kappa shape index (κ3) is 0.898. The number of aromatic nitrogens is 2. The molecule has 0 amide bonds. The number of hydrogen-bond acceptors (Lipinski definition) is 1. The maximum atomic E-state index is 13.3. The van der Waals surface area contributed by atoms with E-state index in [2.05, 4.69) is 10.2 Å². The molecule has 2 aromatic rings. The van der Waals surface area contributed by atoms with Crippen LogP contribution in [0, 0.1) is 12.7 Å². The molecule has 0 atom stereocenters. The normalized spacial score (nSPS) is 10.9. The van der Waals surface area contributed by atoms with Gasteiger partial charge in [0.1, 0.15) is 5.82 Å². The van der Waals surface area contributed by atoms with Crippen LogP contribution in [0.3, 0.4) is 0 Å². The fraction of sp³-hybridized carbons (Fsp3) is 0.125. The van der Waals surface area contributed by atoms with Gasteiger partial charge in [-0.3, -0.25) is 5.10 Å². The first-order chi connectivity index (χ1) is 5.70. The SMILES string of the molecule is Cc1c(Cl)cc2[nH]ncc2c1F. The number of fused-ring (bicyclic) bond motifs is 1. The number of rotatable bonds is 0. The molecule has 0 saturated heterocycles. The van der Waals surface area contributed by atoms with Crippen LogP contribution in [0.4, 0.5) is 4.39 Å². The van der Waals surface area contributed by atoms with Gasteiger partial charge in [-0.15, -0.1) is 0 Å². The molecule has 4 heteroatoms. The average Bonchev–Trinajstić information content (AvgIpc) is 2.48. The van der Waals surface area contributed by atoms with Crippen LogP contribution in [0.25, 0.3) is 10.9 Å². The molecule has 0 aliphatic carbocycles. The Balaban J connectivity index is 2.94. The van der Waals surface area contributed by atoms with Crippen molar-refractivity contribution in [2.24, 2.45) is 0 Å². The number of nitrogens with zero attached hydrogens (tertiary/aromatic N) is 1. The van der Waals surface area contributed by atoms with Gasteiger partial charge in [-0.1, -0.05) is 11.6 Å².